The summed E-state index contributed by atoms with van der Waals surface area (Å²) in [5.41, 5.74) is 17.2. The number of allylic oxidation sites excluding steroid dienone is 1. The standard InChI is InChI=1S/C54H37N3/c1-3-17-36(18-4-1)39-25-15-26-40(37-19-5-2-6-20-37)54(39)57-49-30-14-10-24-45(49)53-50(31-16-32-51(53)57)56-48-29-13-9-23-43(48)44-34-33-38(35-52(44)56)55-46-27-11-7-21-41(46)42-22-8-12-28-47(42)55/h1-15,17-31,33-35H,16,32H2. The third kappa shape index (κ3) is 4.73. The maximum atomic E-state index is 2.60. The first-order valence-corrected chi connectivity index (χ1v) is 19.9. The molecule has 11 aromatic rings. The molecule has 1 aliphatic carbocycles. The van der Waals surface area contributed by atoms with Gasteiger partial charge in [0, 0.05) is 55.0 Å². The Morgan fingerprint density at radius 2 is 0.825 bits per heavy atom. The predicted octanol–water partition coefficient (Wildman–Crippen LogP) is 14.0. The van der Waals surface area contributed by atoms with Crippen molar-refractivity contribution in [3.63, 3.8) is 0 Å². The molecule has 1 aliphatic rings. The number of nitrogens with zero attached hydrogens (tertiary/aromatic N) is 3. The smallest absolute Gasteiger partial charge is 0.0615 e. The third-order valence-corrected chi connectivity index (χ3v) is 12.1. The summed E-state index contributed by atoms with van der Waals surface area (Å²) in [6, 6.07) is 71.1. The van der Waals surface area contributed by atoms with E-state index in [1.165, 1.54) is 99.4 Å². The van der Waals surface area contributed by atoms with Gasteiger partial charge in [-0.3, -0.25) is 0 Å². The summed E-state index contributed by atoms with van der Waals surface area (Å²) >= 11 is 0. The molecule has 0 spiro atoms. The molecule has 0 unspecified atom stereocenters. The van der Waals surface area contributed by atoms with Crippen LogP contribution in [0.5, 0.6) is 0 Å². The van der Waals surface area contributed by atoms with Crippen LogP contribution >= 0.6 is 0 Å². The fourth-order valence-corrected chi connectivity index (χ4v) is 9.77. The summed E-state index contributed by atoms with van der Waals surface area (Å²) in [5.74, 6) is 0. The van der Waals surface area contributed by atoms with Gasteiger partial charge in [0.05, 0.1) is 39.0 Å². The highest BCUT2D eigenvalue weighted by Gasteiger charge is 2.29. The maximum Gasteiger partial charge on any atom is 0.0615 e. The molecule has 0 bridgehead atoms. The number of hydrogen-bond donors (Lipinski definition) is 0. The largest absolute Gasteiger partial charge is 0.312 e. The van der Waals surface area contributed by atoms with Crippen LogP contribution in [0, 0.1) is 0 Å². The Balaban J connectivity index is 1.15. The summed E-state index contributed by atoms with van der Waals surface area (Å²) in [5, 5.41) is 6.33. The number of benzene rings is 8. The van der Waals surface area contributed by atoms with Gasteiger partial charge in [0.25, 0.3) is 0 Å². The van der Waals surface area contributed by atoms with Gasteiger partial charge in [-0.15, -0.1) is 0 Å². The zero-order valence-corrected chi connectivity index (χ0v) is 31.3. The minimum Gasteiger partial charge on any atom is -0.312 e. The summed E-state index contributed by atoms with van der Waals surface area (Å²) in [7, 11) is 0. The first-order valence-electron chi connectivity index (χ1n) is 19.9. The van der Waals surface area contributed by atoms with E-state index < -0.39 is 0 Å². The Kier molecular flexibility index (Phi) is 7.05. The molecular formula is C54H37N3. The molecule has 268 valence electrons. The number of fused-ring (bicyclic) bond motifs is 9. The van der Waals surface area contributed by atoms with Crippen molar-refractivity contribution in [1.29, 1.82) is 0 Å². The number of aromatic nitrogens is 3. The molecule has 0 amide bonds. The molecule has 8 aromatic carbocycles. The molecule has 0 saturated heterocycles. The Labute approximate surface area is 330 Å². The molecule has 3 nitrogen and oxygen atoms in total. The first-order chi connectivity index (χ1) is 28.3. The van der Waals surface area contributed by atoms with Crippen LogP contribution < -0.4 is 0 Å². The van der Waals surface area contributed by atoms with E-state index in [9.17, 15) is 0 Å². The Morgan fingerprint density at radius 1 is 0.351 bits per heavy atom. The van der Waals surface area contributed by atoms with Gasteiger partial charge in [-0.1, -0.05) is 164 Å². The fraction of sp³-hybridized carbons (Fsp3) is 0.0370. The molecule has 0 atom stereocenters. The fourth-order valence-electron chi connectivity index (χ4n) is 9.77. The third-order valence-electron chi connectivity index (χ3n) is 12.1. The van der Waals surface area contributed by atoms with Crippen LogP contribution in [0.2, 0.25) is 0 Å². The van der Waals surface area contributed by atoms with Gasteiger partial charge in [-0.05, 0) is 60.4 Å². The Bertz CT molecular complexity index is 3280. The second kappa shape index (κ2) is 12.6. The average Bonchev–Trinajstić information content (AvgIpc) is 3.92. The topological polar surface area (TPSA) is 14.8 Å². The molecule has 3 aromatic heterocycles. The zero-order valence-electron chi connectivity index (χ0n) is 31.3. The SMILES string of the molecule is C1=C(n2c3ccccc3c3ccc(-n4c5ccccc5c5ccccc54)cc32)c2c(n(-c3c(-c4ccccc4)cccc3-c3ccccc3)c3ccccc23)CC1. The molecular weight excluding hydrogens is 691 g/mol. The molecule has 3 heterocycles. The normalized spacial score (nSPS) is 12.9. The second-order valence-electron chi connectivity index (χ2n) is 15.2. The molecule has 0 fully saturated rings. The van der Waals surface area contributed by atoms with Gasteiger partial charge in [0.15, 0.2) is 0 Å². The van der Waals surface area contributed by atoms with Crippen LogP contribution in [-0.4, -0.2) is 13.7 Å². The van der Waals surface area contributed by atoms with E-state index in [0.29, 0.717) is 0 Å². The van der Waals surface area contributed by atoms with Crippen LogP contribution in [0.3, 0.4) is 0 Å². The summed E-state index contributed by atoms with van der Waals surface area (Å²) < 4.78 is 7.59. The van der Waals surface area contributed by atoms with Crippen molar-refractivity contribution in [2.75, 3.05) is 0 Å². The van der Waals surface area contributed by atoms with Gasteiger partial charge in [0.2, 0.25) is 0 Å². The van der Waals surface area contributed by atoms with Crippen molar-refractivity contribution in [2.45, 2.75) is 12.8 Å². The highest BCUT2D eigenvalue weighted by Crippen LogP contribution is 2.46. The van der Waals surface area contributed by atoms with E-state index in [4.69, 9.17) is 0 Å². The minimum atomic E-state index is 0.938. The van der Waals surface area contributed by atoms with Crippen LogP contribution in [0.15, 0.2) is 200 Å². The molecule has 0 radical (unpaired) electrons. The average molecular weight is 728 g/mol. The van der Waals surface area contributed by atoms with Crippen LogP contribution in [0.4, 0.5) is 0 Å². The van der Waals surface area contributed by atoms with Crippen LogP contribution in [0.1, 0.15) is 17.7 Å². The van der Waals surface area contributed by atoms with Crippen LogP contribution in [0.25, 0.3) is 93.8 Å². The van der Waals surface area contributed by atoms with Crippen molar-refractivity contribution in [1.82, 2.24) is 13.7 Å². The molecule has 0 N–H and O–H groups in total. The number of hydrogen-bond acceptors (Lipinski definition) is 0. The van der Waals surface area contributed by atoms with Crippen molar-refractivity contribution in [3.05, 3.63) is 211 Å². The summed E-state index contributed by atoms with van der Waals surface area (Å²) in [4.78, 5) is 0. The highest BCUT2D eigenvalue weighted by atomic mass is 15.1. The lowest BCUT2D eigenvalue weighted by atomic mass is 9.94. The second-order valence-corrected chi connectivity index (χ2v) is 15.2. The Morgan fingerprint density at radius 3 is 1.40 bits per heavy atom. The van der Waals surface area contributed by atoms with Gasteiger partial charge < -0.3 is 13.7 Å². The lowest BCUT2D eigenvalue weighted by Gasteiger charge is -2.23. The minimum absolute atomic E-state index is 0.938. The molecule has 0 saturated carbocycles. The molecule has 12 rings (SSSR count). The molecule has 57 heavy (non-hydrogen) atoms. The molecule has 0 aliphatic heterocycles. The van der Waals surface area contributed by atoms with E-state index in [1.54, 1.807) is 0 Å². The summed E-state index contributed by atoms with van der Waals surface area (Å²) in [6.07, 6.45) is 4.36. The van der Waals surface area contributed by atoms with E-state index in [-0.39, 0.29) is 0 Å². The lowest BCUT2D eigenvalue weighted by Crippen LogP contribution is -2.10. The van der Waals surface area contributed by atoms with Gasteiger partial charge in [-0.25, -0.2) is 0 Å². The van der Waals surface area contributed by atoms with Gasteiger partial charge in [-0.2, -0.15) is 0 Å². The highest BCUT2D eigenvalue weighted by molar-refractivity contribution is 6.14. The van der Waals surface area contributed by atoms with E-state index in [0.717, 1.165) is 18.5 Å². The van der Waals surface area contributed by atoms with Crippen molar-refractivity contribution >= 4 is 60.2 Å². The van der Waals surface area contributed by atoms with Crippen molar-refractivity contribution in [2.24, 2.45) is 0 Å². The van der Waals surface area contributed by atoms with E-state index in [2.05, 4.69) is 214 Å². The maximum absolute atomic E-state index is 2.60. The van der Waals surface area contributed by atoms with Gasteiger partial charge >= 0.3 is 0 Å². The predicted molar refractivity (Wildman–Crippen MR) is 240 cm³/mol. The Hall–Kier alpha value is -7.36. The van der Waals surface area contributed by atoms with E-state index >= 15 is 0 Å². The quantitative estimate of drug-likeness (QED) is 0.168. The summed E-state index contributed by atoms with van der Waals surface area (Å²) in [6.45, 7) is 0. The first kappa shape index (κ1) is 31.9. The number of rotatable bonds is 5. The lowest BCUT2D eigenvalue weighted by molar-refractivity contribution is 0.876. The van der Waals surface area contributed by atoms with Gasteiger partial charge in [0.1, 0.15) is 0 Å². The van der Waals surface area contributed by atoms with E-state index in [1.807, 2.05) is 0 Å². The number of para-hydroxylation sites is 5. The zero-order chi connectivity index (χ0) is 37.5. The van der Waals surface area contributed by atoms with Crippen molar-refractivity contribution < 1.29 is 0 Å². The molecule has 3 heteroatoms. The van der Waals surface area contributed by atoms with Crippen molar-refractivity contribution in [3.8, 4) is 33.6 Å². The monoisotopic (exact) mass is 727 g/mol. The van der Waals surface area contributed by atoms with Crippen LogP contribution in [-0.2, 0) is 6.42 Å².